The number of esters is 1. The molecule has 124 valence electrons. The minimum atomic E-state index is -0.453. The number of hydrogen-bond acceptors (Lipinski definition) is 5. The molecule has 0 unspecified atom stereocenters. The van der Waals surface area contributed by atoms with Crippen molar-refractivity contribution in [2.24, 2.45) is 0 Å². The van der Waals surface area contributed by atoms with Gasteiger partial charge in [0, 0.05) is 6.42 Å². The molecule has 0 fully saturated rings. The molecule has 3 aromatic rings. The fraction of sp³-hybridized carbons (Fsp3) is 0.188. The lowest BCUT2D eigenvalue weighted by Gasteiger charge is -2.03. The maximum Gasteiger partial charge on any atom is 0.348 e. The van der Waals surface area contributed by atoms with E-state index in [9.17, 15) is 9.59 Å². The van der Waals surface area contributed by atoms with Gasteiger partial charge in [0.2, 0.25) is 0 Å². The van der Waals surface area contributed by atoms with Gasteiger partial charge in [0.25, 0.3) is 5.56 Å². The molecule has 0 radical (unpaired) electrons. The Bertz CT molecular complexity index is 981. The highest BCUT2D eigenvalue weighted by molar-refractivity contribution is 7.20. The van der Waals surface area contributed by atoms with Crippen molar-refractivity contribution in [1.82, 2.24) is 9.97 Å². The number of H-pyrrole nitrogens is 1. The number of fused-ring (bicyclic) bond motifs is 1. The summed E-state index contributed by atoms with van der Waals surface area (Å²) in [6.07, 6.45) is 0.398. The third-order valence-corrected chi connectivity index (χ3v) is 5.03. The van der Waals surface area contributed by atoms with Crippen molar-refractivity contribution in [2.45, 2.75) is 13.3 Å². The largest absolute Gasteiger partial charge is 0.462 e. The van der Waals surface area contributed by atoms with E-state index in [1.54, 1.807) is 19.1 Å². The Morgan fingerprint density at radius 3 is 2.79 bits per heavy atom. The Balaban J connectivity index is 1.96. The highest BCUT2D eigenvalue weighted by Crippen LogP contribution is 2.25. The van der Waals surface area contributed by atoms with E-state index in [0.29, 0.717) is 37.4 Å². The van der Waals surface area contributed by atoms with E-state index in [0.717, 1.165) is 16.9 Å². The van der Waals surface area contributed by atoms with Gasteiger partial charge in [0.1, 0.15) is 15.5 Å². The van der Waals surface area contributed by atoms with Gasteiger partial charge in [-0.3, -0.25) is 4.79 Å². The molecule has 0 aliphatic heterocycles. The number of aromatic amines is 1. The number of nitrogens with one attached hydrogen (secondary N) is 1. The second-order valence-electron chi connectivity index (χ2n) is 4.99. The number of aromatic nitrogens is 2. The second kappa shape index (κ2) is 6.93. The number of ether oxygens (including phenoxy) is 1. The quantitative estimate of drug-likeness (QED) is 0.690. The molecule has 0 bridgehead atoms. The normalized spacial score (nSPS) is 11.0. The van der Waals surface area contributed by atoms with E-state index in [4.69, 9.17) is 27.9 Å². The lowest BCUT2D eigenvalue weighted by atomic mass is 10.1. The first-order chi connectivity index (χ1) is 11.5. The summed E-state index contributed by atoms with van der Waals surface area (Å²) in [5.41, 5.74) is 0.580. The Morgan fingerprint density at radius 2 is 2.08 bits per heavy atom. The molecular weight excluding hydrogens is 371 g/mol. The van der Waals surface area contributed by atoms with Crippen LogP contribution in [0.3, 0.4) is 0 Å². The highest BCUT2D eigenvalue weighted by atomic mass is 35.5. The molecular formula is C16H12Cl2N2O3S. The lowest BCUT2D eigenvalue weighted by molar-refractivity contribution is 0.0532. The molecule has 24 heavy (non-hydrogen) atoms. The Morgan fingerprint density at radius 1 is 1.29 bits per heavy atom. The maximum absolute atomic E-state index is 12.2. The van der Waals surface area contributed by atoms with E-state index < -0.39 is 5.97 Å². The van der Waals surface area contributed by atoms with Crippen LogP contribution in [0.1, 0.15) is 28.0 Å². The van der Waals surface area contributed by atoms with E-state index in [1.807, 2.05) is 6.07 Å². The van der Waals surface area contributed by atoms with Gasteiger partial charge in [0.15, 0.2) is 0 Å². The van der Waals surface area contributed by atoms with Crippen LogP contribution in [-0.2, 0) is 11.2 Å². The minimum Gasteiger partial charge on any atom is -0.462 e. The molecule has 1 N–H and O–H groups in total. The average molecular weight is 383 g/mol. The molecule has 0 amide bonds. The van der Waals surface area contributed by atoms with Crippen molar-refractivity contribution in [1.29, 1.82) is 0 Å². The highest BCUT2D eigenvalue weighted by Gasteiger charge is 2.15. The van der Waals surface area contributed by atoms with Gasteiger partial charge in [-0.25, -0.2) is 9.78 Å². The van der Waals surface area contributed by atoms with Gasteiger partial charge in [-0.1, -0.05) is 29.3 Å². The SMILES string of the molecule is CCOC(=O)c1cc2c(=O)[nH]c(Cc3ccc(Cl)c(Cl)c3)nc2s1. The summed E-state index contributed by atoms with van der Waals surface area (Å²) in [7, 11) is 0. The maximum atomic E-state index is 12.2. The van der Waals surface area contributed by atoms with Crippen molar-refractivity contribution in [3.63, 3.8) is 0 Å². The van der Waals surface area contributed by atoms with Crippen LogP contribution in [0.5, 0.6) is 0 Å². The molecule has 2 aromatic heterocycles. The smallest absolute Gasteiger partial charge is 0.348 e. The Labute approximate surface area is 151 Å². The summed E-state index contributed by atoms with van der Waals surface area (Å²) >= 11 is 13.0. The molecule has 0 aliphatic rings. The van der Waals surface area contributed by atoms with Gasteiger partial charge in [-0.15, -0.1) is 11.3 Å². The number of benzene rings is 1. The van der Waals surface area contributed by atoms with Crippen LogP contribution in [-0.4, -0.2) is 22.5 Å². The molecule has 0 saturated carbocycles. The van der Waals surface area contributed by atoms with Crippen LogP contribution in [0, 0.1) is 0 Å². The van der Waals surface area contributed by atoms with Gasteiger partial charge in [0.05, 0.1) is 22.0 Å². The van der Waals surface area contributed by atoms with Gasteiger partial charge < -0.3 is 9.72 Å². The molecule has 8 heteroatoms. The van der Waals surface area contributed by atoms with Crippen molar-refractivity contribution < 1.29 is 9.53 Å². The average Bonchev–Trinajstić information content (AvgIpc) is 2.96. The van der Waals surface area contributed by atoms with E-state index in [1.165, 1.54) is 6.07 Å². The zero-order valence-electron chi connectivity index (χ0n) is 12.6. The number of hydrogen-bond donors (Lipinski definition) is 1. The molecule has 0 atom stereocenters. The van der Waals surface area contributed by atoms with Crippen molar-refractivity contribution in [3.8, 4) is 0 Å². The van der Waals surface area contributed by atoms with Crippen LogP contribution < -0.4 is 5.56 Å². The number of nitrogens with zero attached hydrogens (tertiary/aromatic N) is 1. The summed E-state index contributed by atoms with van der Waals surface area (Å²) in [5, 5.41) is 1.29. The zero-order chi connectivity index (χ0) is 17.3. The third-order valence-electron chi connectivity index (χ3n) is 3.28. The number of carbonyl (C=O) groups excluding carboxylic acids is 1. The lowest BCUT2D eigenvalue weighted by Crippen LogP contribution is -2.11. The standard InChI is InChI=1S/C16H12Cl2N2O3S/c1-2-23-16(22)12-7-9-14(21)19-13(20-15(9)24-12)6-8-3-4-10(17)11(18)5-8/h3-5,7H,2,6H2,1H3,(H,19,20,21). The monoisotopic (exact) mass is 382 g/mol. The molecule has 0 saturated heterocycles. The molecule has 5 nitrogen and oxygen atoms in total. The molecule has 0 aliphatic carbocycles. The topological polar surface area (TPSA) is 72.1 Å². The van der Waals surface area contributed by atoms with Crippen molar-refractivity contribution in [2.75, 3.05) is 6.61 Å². The summed E-state index contributed by atoms with van der Waals surface area (Å²) < 4.78 is 4.95. The first kappa shape index (κ1) is 17.0. The fourth-order valence-electron chi connectivity index (χ4n) is 2.21. The van der Waals surface area contributed by atoms with Gasteiger partial charge in [-0.05, 0) is 30.7 Å². The van der Waals surface area contributed by atoms with Crippen LogP contribution >= 0.6 is 34.5 Å². The Hall–Kier alpha value is -1.89. The zero-order valence-corrected chi connectivity index (χ0v) is 14.9. The molecule has 3 rings (SSSR count). The molecule has 0 spiro atoms. The van der Waals surface area contributed by atoms with Crippen LogP contribution in [0.4, 0.5) is 0 Å². The van der Waals surface area contributed by atoms with Crippen LogP contribution in [0.25, 0.3) is 10.2 Å². The second-order valence-corrected chi connectivity index (χ2v) is 6.83. The summed E-state index contributed by atoms with van der Waals surface area (Å²) in [4.78, 5) is 32.0. The summed E-state index contributed by atoms with van der Waals surface area (Å²) in [6, 6.07) is 6.75. The van der Waals surface area contributed by atoms with Gasteiger partial charge >= 0.3 is 5.97 Å². The first-order valence-corrected chi connectivity index (χ1v) is 8.69. The van der Waals surface area contributed by atoms with Crippen molar-refractivity contribution in [3.05, 3.63) is 60.9 Å². The number of carbonyl (C=O) groups is 1. The Kier molecular flexibility index (Phi) is 4.89. The van der Waals surface area contributed by atoms with Crippen molar-refractivity contribution >= 4 is 50.7 Å². The van der Waals surface area contributed by atoms with Gasteiger partial charge in [-0.2, -0.15) is 0 Å². The molecule has 1 aromatic carbocycles. The fourth-order valence-corrected chi connectivity index (χ4v) is 3.47. The minimum absolute atomic E-state index is 0.277. The summed E-state index contributed by atoms with van der Waals surface area (Å²) in [5.74, 6) is 0.0362. The first-order valence-electron chi connectivity index (χ1n) is 7.11. The summed E-state index contributed by atoms with van der Waals surface area (Å²) in [6.45, 7) is 2.01. The number of thiophene rings is 1. The number of halogens is 2. The predicted molar refractivity (Wildman–Crippen MR) is 95.5 cm³/mol. The van der Waals surface area contributed by atoms with E-state index >= 15 is 0 Å². The van der Waals surface area contributed by atoms with Crippen LogP contribution in [0.15, 0.2) is 29.1 Å². The van der Waals surface area contributed by atoms with E-state index in [2.05, 4.69) is 9.97 Å². The van der Waals surface area contributed by atoms with E-state index in [-0.39, 0.29) is 12.2 Å². The third kappa shape index (κ3) is 3.45. The number of rotatable bonds is 4. The predicted octanol–water partition coefficient (Wildman–Crippen LogP) is 4.06. The van der Waals surface area contributed by atoms with Crippen LogP contribution in [0.2, 0.25) is 10.0 Å². The molecule has 2 heterocycles.